The number of rotatable bonds is 6. The normalized spacial score (nSPS) is 12.3. The van der Waals surface area contributed by atoms with E-state index in [0.717, 1.165) is 23.6 Å². The van der Waals surface area contributed by atoms with E-state index in [1.54, 1.807) is 6.20 Å². The van der Waals surface area contributed by atoms with E-state index in [0.29, 0.717) is 10.9 Å². The summed E-state index contributed by atoms with van der Waals surface area (Å²) < 4.78 is 0. The van der Waals surface area contributed by atoms with Crippen LogP contribution < -0.4 is 10.9 Å². The molecule has 0 bridgehead atoms. The number of aromatic nitrogens is 3. The first-order valence-electron chi connectivity index (χ1n) is 7.04. The quantitative estimate of drug-likeness (QED) is 0.803. The average molecular weight is 304 g/mol. The van der Waals surface area contributed by atoms with Crippen molar-refractivity contribution in [2.45, 2.75) is 43.4 Å². The first-order chi connectivity index (χ1) is 10.1. The van der Waals surface area contributed by atoms with Crippen molar-refractivity contribution in [1.82, 2.24) is 20.3 Å². The van der Waals surface area contributed by atoms with Gasteiger partial charge in [-0.3, -0.25) is 4.79 Å². The third-order valence-corrected chi connectivity index (χ3v) is 3.93. The summed E-state index contributed by atoms with van der Waals surface area (Å²) in [6.07, 6.45) is 2.84. The van der Waals surface area contributed by atoms with Crippen molar-refractivity contribution in [3.8, 4) is 0 Å². The molecule has 0 saturated heterocycles. The molecule has 2 aromatic heterocycles. The molecule has 1 unspecified atom stereocenters. The van der Waals surface area contributed by atoms with Crippen molar-refractivity contribution < 1.29 is 0 Å². The number of nitrogens with one attached hydrogen (secondary N) is 2. The second-order valence-corrected chi connectivity index (χ2v) is 5.85. The molecule has 2 N–H and O–H groups in total. The lowest BCUT2D eigenvalue weighted by Gasteiger charge is -2.16. The minimum absolute atomic E-state index is 0.139. The Morgan fingerprint density at radius 1 is 1.48 bits per heavy atom. The van der Waals surface area contributed by atoms with Crippen LogP contribution in [0.5, 0.6) is 0 Å². The van der Waals surface area contributed by atoms with Crippen LogP contribution in [0.1, 0.15) is 37.6 Å². The fourth-order valence-electron chi connectivity index (χ4n) is 1.98. The molecule has 112 valence electrons. The minimum Gasteiger partial charge on any atom is -0.310 e. The highest BCUT2D eigenvalue weighted by molar-refractivity contribution is 7.99. The van der Waals surface area contributed by atoms with Gasteiger partial charge in [0.1, 0.15) is 5.03 Å². The molecule has 2 heterocycles. The summed E-state index contributed by atoms with van der Waals surface area (Å²) in [5, 5.41) is 4.89. The number of aromatic amines is 1. The standard InChI is InChI=1S/C15H20N4OS/c1-4-7-16-11(3)12-6-5-8-17-14(12)21-15-18-10(2)9-13(20)19-15/h5-6,8-9,11,16H,4,7H2,1-3H3,(H,18,19,20). The van der Waals surface area contributed by atoms with E-state index in [9.17, 15) is 4.79 Å². The van der Waals surface area contributed by atoms with E-state index in [1.165, 1.54) is 17.8 Å². The third kappa shape index (κ3) is 4.41. The van der Waals surface area contributed by atoms with Crippen LogP contribution >= 0.6 is 11.8 Å². The van der Waals surface area contributed by atoms with E-state index in [-0.39, 0.29) is 11.6 Å². The predicted octanol–water partition coefficient (Wildman–Crippen LogP) is 2.69. The van der Waals surface area contributed by atoms with Crippen LogP contribution in [0.3, 0.4) is 0 Å². The molecule has 0 aliphatic carbocycles. The number of pyridine rings is 1. The van der Waals surface area contributed by atoms with Crippen LogP contribution in [0.4, 0.5) is 0 Å². The fourth-order valence-corrected chi connectivity index (χ4v) is 2.98. The third-order valence-electron chi connectivity index (χ3n) is 3.01. The fraction of sp³-hybridized carbons (Fsp3) is 0.400. The Hall–Kier alpha value is -1.66. The molecule has 0 spiro atoms. The molecule has 0 radical (unpaired) electrons. The lowest BCUT2D eigenvalue weighted by molar-refractivity contribution is 0.560. The molecule has 5 nitrogen and oxygen atoms in total. The van der Waals surface area contributed by atoms with Gasteiger partial charge in [-0.05, 0) is 44.6 Å². The van der Waals surface area contributed by atoms with Gasteiger partial charge in [0.05, 0.1) is 0 Å². The van der Waals surface area contributed by atoms with Gasteiger partial charge in [0.2, 0.25) is 0 Å². The first kappa shape index (κ1) is 15.7. The van der Waals surface area contributed by atoms with E-state index in [4.69, 9.17) is 0 Å². The number of hydrogen-bond donors (Lipinski definition) is 2. The van der Waals surface area contributed by atoms with Crippen LogP contribution in [0.2, 0.25) is 0 Å². The molecule has 6 heteroatoms. The van der Waals surface area contributed by atoms with Crippen molar-refractivity contribution in [2.24, 2.45) is 0 Å². The van der Waals surface area contributed by atoms with Crippen LogP contribution in [0.25, 0.3) is 0 Å². The van der Waals surface area contributed by atoms with Crippen LogP contribution in [-0.4, -0.2) is 21.5 Å². The van der Waals surface area contributed by atoms with Crippen LogP contribution in [-0.2, 0) is 0 Å². The van der Waals surface area contributed by atoms with Gasteiger partial charge >= 0.3 is 0 Å². The summed E-state index contributed by atoms with van der Waals surface area (Å²) in [4.78, 5) is 23.0. The van der Waals surface area contributed by atoms with Crippen LogP contribution in [0, 0.1) is 6.92 Å². The maximum Gasteiger partial charge on any atom is 0.251 e. The number of nitrogens with zero attached hydrogens (tertiary/aromatic N) is 2. The Labute approximate surface area is 128 Å². The second-order valence-electron chi connectivity index (χ2n) is 4.87. The Morgan fingerprint density at radius 3 is 3.00 bits per heavy atom. The maximum atomic E-state index is 11.5. The zero-order chi connectivity index (χ0) is 15.2. The summed E-state index contributed by atoms with van der Waals surface area (Å²) in [5.74, 6) is 0. The molecule has 0 fully saturated rings. The topological polar surface area (TPSA) is 70.7 Å². The predicted molar refractivity (Wildman–Crippen MR) is 84.7 cm³/mol. The van der Waals surface area contributed by atoms with Crippen molar-refractivity contribution in [1.29, 1.82) is 0 Å². The van der Waals surface area contributed by atoms with E-state index < -0.39 is 0 Å². The highest BCUT2D eigenvalue weighted by Gasteiger charge is 2.13. The molecule has 0 aromatic carbocycles. The Kier molecular flexibility index (Phi) is 5.52. The molecule has 2 rings (SSSR count). The van der Waals surface area contributed by atoms with Gasteiger partial charge in [-0.15, -0.1) is 0 Å². The van der Waals surface area contributed by atoms with Gasteiger partial charge in [0.15, 0.2) is 5.16 Å². The molecular formula is C15H20N4OS. The zero-order valence-corrected chi connectivity index (χ0v) is 13.3. The van der Waals surface area contributed by atoms with Crippen molar-refractivity contribution >= 4 is 11.8 Å². The monoisotopic (exact) mass is 304 g/mol. The van der Waals surface area contributed by atoms with E-state index in [1.807, 2.05) is 13.0 Å². The second kappa shape index (κ2) is 7.38. The van der Waals surface area contributed by atoms with Gasteiger partial charge in [-0.25, -0.2) is 9.97 Å². The molecule has 0 aliphatic heterocycles. The summed E-state index contributed by atoms with van der Waals surface area (Å²) >= 11 is 1.39. The SMILES string of the molecule is CCCNC(C)c1cccnc1Sc1nc(C)cc(=O)[nH]1. The lowest BCUT2D eigenvalue weighted by atomic mass is 10.1. The molecule has 2 aromatic rings. The Morgan fingerprint density at radius 2 is 2.29 bits per heavy atom. The number of aryl methyl sites for hydroxylation is 1. The highest BCUT2D eigenvalue weighted by atomic mass is 32.2. The summed E-state index contributed by atoms with van der Waals surface area (Å²) in [6, 6.07) is 5.67. The smallest absolute Gasteiger partial charge is 0.251 e. The number of H-pyrrole nitrogens is 1. The first-order valence-corrected chi connectivity index (χ1v) is 7.86. The maximum absolute atomic E-state index is 11.5. The van der Waals surface area contributed by atoms with E-state index in [2.05, 4.69) is 40.2 Å². The highest BCUT2D eigenvalue weighted by Crippen LogP contribution is 2.28. The van der Waals surface area contributed by atoms with Gasteiger partial charge in [-0.1, -0.05) is 13.0 Å². The largest absolute Gasteiger partial charge is 0.310 e. The Bertz CT molecular complexity index is 656. The number of hydrogen-bond acceptors (Lipinski definition) is 5. The summed E-state index contributed by atoms with van der Waals surface area (Å²) in [7, 11) is 0. The van der Waals surface area contributed by atoms with E-state index >= 15 is 0 Å². The summed E-state index contributed by atoms with van der Waals surface area (Å²) in [5.41, 5.74) is 1.68. The zero-order valence-electron chi connectivity index (χ0n) is 12.5. The van der Waals surface area contributed by atoms with Crippen molar-refractivity contribution in [3.63, 3.8) is 0 Å². The molecular weight excluding hydrogens is 284 g/mol. The molecule has 0 aliphatic rings. The molecule has 0 saturated carbocycles. The molecule has 0 amide bonds. The van der Waals surface area contributed by atoms with Gasteiger partial charge in [-0.2, -0.15) is 0 Å². The molecule has 21 heavy (non-hydrogen) atoms. The molecule has 1 atom stereocenters. The lowest BCUT2D eigenvalue weighted by Crippen LogP contribution is -2.20. The van der Waals surface area contributed by atoms with Gasteiger partial charge in [0.25, 0.3) is 5.56 Å². The Balaban J connectivity index is 2.25. The van der Waals surface area contributed by atoms with Gasteiger partial charge < -0.3 is 10.3 Å². The minimum atomic E-state index is -0.139. The van der Waals surface area contributed by atoms with Gasteiger partial charge in [0, 0.05) is 29.6 Å². The van der Waals surface area contributed by atoms with Crippen molar-refractivity contribution in [3.05, 3.63) is 46.0 Å². The van der Waals surface area contributed by atoms with Crippen molar-refractivity contribution in [2.75, 3.05) is 6.54 Å². The average Bonchev–Trinajstić information content (AvgIpc) is 2.44. The van der Waals surface area contributed by atoms with Crippen LogP contribution in [0.15, 0.2) is 39.4 Å². The summed E-state index contributed by atoms with van der Waals surface area (Å²) in [6.45, 7) is 7.02.